The summed E-state index contributed by atoms with van der Waals surface area (Å²) < 4.78 is 5.71. The van der Waals surface area contributed by atoms with Crippen LogP contribution in [-0.2, 0) is 0 Å². The van der Waals surface area contributed by atoms with E-state index in [1.165, 1.54) is 37.1 Å². The van der Waals surface area contributed by atoms with E-state index in [1.54, 1.807) is 11.3 Å². The Morgan fingerprint density at radius 3 is 2.43 bits per heavy atom. The molecule has 4 rings (SSSR count). The van der Waals surface area contributed by atoms with Gasteiger partial charge in [0.05, 0.1) is 6.61 Å². The number of rotatable bonds is 6. The second-order valence-electron chi connectivity index (χ2n) is 8.77. The average molecular weight is 429 g/mol. The normalized spacial score (nSPS) is 18.1. The Bertz CT molecular complexity index is 822. The molecule has 2 aromatic rings. The van der Waals surface area contributed by atoms with Crippen LogP contribution in [0.3, 0.4) is 0 Å². The number of aromatic nitrogens is 2. The lowest BCUT2D eigenvalue weighted by atomic mass is 9.90. The van der Waals surface area contributed by atoms with Gasteiger partial charge in [-0.1, -0.05) is 44.4 Å². The van der Waals surface area contributed by atoms with Gasteiger partial charge in [0.1, 0.15) is 10.8 Å². The van der Waals surface area contributed by atoms with Crippen LogP contribution in [0.5, 0.6) is 5.75 Å². The predicted octanol–water partition coefficient (Wildman–Crippen LogP) is 4.58. The number of amides is 1. The summed E-state index contributed by atoms with van der Waals surface area (Å²) >= 11 is 1.75. The van der Waals surface area contributed by atoms with Crippen LogP contribution < -0.4 is 9.64 Å². The zero-order valence-electron chi connectivity index (χ0n) is 18.0. The molecule has 0 radical (unpaired) electrons. The molecule has 30 heavy (non-hydrogen) atoms. The molecule has 1 saturated heterocycles. The fraction of sp³-hybridized carbons (Fsp3) is 0.609. The number of hydrogen-bond donors (Lipinski definition) is 0. The zero-order valence-corrected chi connectivity index (χ0v) is 18.9. The Balaban J connectivity index is 1.30. The molecule has 7 heteroatoms. The molecule has 2 fully saturated rings. The molecule has 1 amide bonds. The lowest BCUT2D eigenvalue weighted by Crippen LogP contribution is -2.48. The number of hydrogen-bond acceptors (Lipinski definition) is 6. The van der Waals surface area contributed by atoms with E-state index in [-0.39, 0.29) is 5.91 Å². The van der Waals surface area contributed by atoms with E-state index in [0.29, 0.717) is 31.5 Å². The highest BCUT2D eigenvalue weighted by atomic mass is 32.1. The summed E-state index contributed by atoms with van der Waals surface area (Å²) in [6.45, 7) is 7.96. The van der Waals surface area contributed by atoms with Crippen molar-refractivity contribution in [2.45, 2.75) is 51.9 Å². The van der Waals surface area contributed by atoms with E-state index in [4.69, 9.17) is 4.74 Å². The van der Waals surface area contributed by atoms with E-state index >= 15 is 0 Å². The molecule has 2 aliphatic rings. The second-order valence-corrected chi connectivity index (χ2v) is 9.75. The van der Waals surface area contributed by atoms with Gasteiger partial charge in [-0.25, -0.2) is 0 Å². The van der Waals surface area contributed by atoms with Gasteiger partial charge in [0.25, 0.3) is 5.91 Å². The molecule has 0 spiro atoms. The molecule has 1 aliphatic heterocycles. The molecule has 1 saturated carbocycles. The van der Waals surface area contributed by atoms with Crippen molar-refractivity contribution in [3.05, 3.63) is 34.8 Å². The molecule has 162 valence electrons. The highest BCUT2D eigenvalue weighted by Gasteiger charge is 2.26. The summed E-state index contributed by atoms with van der Waals surface area (Å²) in [5, 5.41) is 11.2. The predicted molar refractivity (Wildman–Crippen MR) is 121 cm³/mol. The van der Waals surface area contributed by atoms with Gasteiger partial charge in [0.15, 0.2) is 0 Å². The third kappa shape index (κ3) is 5.12. The topological polar surface area (TPSA) is 58.6 Å². The number of ether oxygens (including phenoxy) is 1. The van der Waals surface area contributed by atoms with E-state index in [2.05, 4.69) is 28.9 Å². The van der Waals surface area contributed by atoms with Gasteiger partial charge in [-0.2, -0.15) is 0 Å². The van der Waals surface area contributed by atoms with Gasteiger partial charge in [-0.15, -0.1) is 10.2 Å². The molecule has 1 aliphatic carbocycles. The van der Waals surface area contributed by atoms with E-state index in [1.807, 2.05) is 29.2 Å². The first-order valence-electron chi connectivity index (χ1n) is 11.2. The zero-order chi connectivity index (χ0) is 20.9. The summed E-state index contributed by atoms with van der Waals surface area (Å²) in [6.07, 6.45) is 6.47. The average Bonchev–Trinajstić information content (AvgIpc) is 3.29. The van der Waals surface area contributed by atoms with Gasteiger partial charge in [0.2, 0.25) is 5.13 Å². The van der Waals surface area contributed by atoms with E-state index < -0.39 is 0 Å². The first kappa shape index (κ1) is 21.1. The monoisotopic (exact) mass is 428 g/mol. The number of benzene rings is 1. The second kappa shape index (κ2) is 9.77. The molecular weight excluding hydrogens is 396 g/mol. The van der Waals surface area contributed by atoms with Gasteiger partial charge in [-0.3, -0.25) is 4.79 Å². The van der Waals surface area contributed by atoms with Crippen LogP contribution in [0.1, 0.15) is 67.2 Å². The van der Waals surface area contributed by atoms with Crippen molar-refractivity contribution in [2.75, 3.05) is 37.7 Å². The van der Waals surface area contributed by atoms with Crippen LogP contribution >= 0.6 is 11.3 Å². The molecule has 0 atom stereocenters. The molecule has 0 bridgehead atoms. The van der Waals surface area contributed by atoms with Crippen molar-refractivity contribution in [3.8, 4) is 5.75 Å². The van der Waals surface area contributed by atoms with E-state index in [9.17, 15) is 4.79 Å². The van der Waals surface area contributed by atoms with Gasteiger partial charge < -0.3 is 14.5 Å². The summed E-state index contributed by atoms with van der Waals surface area (Å²) in [4.78, 5) is 17.1. The van der Waals surface area contributed by atoms with Crippen LogP contribution in [-0.4, -0.2) is 53.8 Å². The maximum absolute atomic E-state index is 12.9. The SMILES string of the molecule is CC(C)COc1ccc(C(=O)N2CCN(c3nnc(C4CCCCC4)s3)CC2)cc1. The number of carbonyl (C=O) groups is 1. The lowest BCUT2D eigenvalue weighted by molar-refractivity contribution is 0.0746. The smallest absolute Gasteiger partial charge is 0.253 e. The minimum absolute atomic E-state index is 0.0882. The summed E-state index contributed by atoms with van der Waals surface area (Å²) in [7, 11) is 0. The number of anilines is 1. The van der Waals surface area contributed by atoms with Crippen LogP contribution in [0.25, 0.3) is 0 Å². The minimum atomic E-state index is 0.0882. The van der Waals surface area contributed by atoms with Crippen molar-refractivity contribution >= 4 is 22.4 Å². The number of carbonyl (C=O) groups excluding carboxylic acids is 1. The fourth-order valence-electron chi connectivity index (χ4n) is 4.11. The third-order valence-corrected chi connectivity index (χ3v) is 7.05. The minimum Gasteiger partial charge on any atom is -0.493 e. The fourth-order valence-corrected chi connectivity index (χ4v) is 5.17. The largest absolute Gasteiger partial charge is 0.493 e. The van der Waals surface area contributed by atoms with Crippen molar-refractivity contribution in [2.24, 2.45) is 5.92 Å². The standard InChI is InChI=1S/C23H32N4O2S/c1-17(2)16-29-20-10-8-19(9-11-20)22(28)26-12-14-27(15-13-26)23-25-24-21(30-23)18-6-4-3-5-7-18/h8-11,17-18H,3-7,12-16H2,1-2H3. The van der Waals surface area contributed by atoms with Crippen molar-refractivity contribution < 1.29 is 9.53 Å². The van der Waals surface area contributed by atoms with Crippen LogP contribution in [0.15, 0.2) is 24.3 Å². The molecule has 6 nitrogen and oxygen atoms in total. The molecule has 1 aromatic carbocycles. The highest BCUT2D eigenvalue weighted by Crippen LogP contribution is 2.36. The third-order valence-electron chi connectivity index (χ3n) is 5.91. The summed E-state index contributed by atoms with van der Waals surface area (Å²) in [5.74, 6) is 1.98. The Morgan fingerprint density at radius 1 is 1.07 bits per heavy atom. The molecule has 0 N–H and O–H groups in total. The number of piperazine rings is 1. The first-order valence-corrected chi connectivity index (χ1v) is 12.0. The Hall–Kier alpha value is -2.15. The Morgan fingerprint density at radius 2 is 1.77 bits per heavy atom. The first-order chi connectivity index (χ1) is 14.6. The van der Waals surface area contributed by atoms with Gasteiger partial charge in [-0.05, 0) is 43.0 Å². The maximum Gasteiger partial charge on any atom is 0.253 e. The molecule has 1 aromatic heterocycles. The summed E-state index contributed by atoms with van der Waals surface area (Å²) in [6, 6.07) is 7.51. The Kier molecular flexibility index (Phi) is 6.87. The lowest BCUT2D eigenvalue weighted by Gasteiger charge is -2.34. The molecule has 0 unspecified atom stereocenters. The molecular formula is C23H32N4O2S. The molecule has 2 heterocycles. The quantitative estimate of drug-likeness (QED) is 0.674. The number of nitrogens with zero attached hydrogens (tertiary/aromatic N) is 4. The Labute approximate surface area is 183 Å². The van der Waals surface area contributed by atoms with Crippen molar-refractivity contribution in [1.29, 1.82) is 0 Å². The summed E-state index contributed by atoms with van der Waals surface area (Å²) in [5.41, 5.74) is 0.718. The van der Waals surface area contributed by atoms with Crippen LogP contribution in [0, 0.1) is 5.92 Å². The van der Waals surface area contributed by atoms with Gasteiger partial charge in [0, 0.05) is 37.7 Å². The van der Waals surface area contributed by atoms with Crippen molar-refractivity contribution in [3.63, 3.8) is 0 Å². The van der Waals surface area contributed by atoms with Gasteiger partial charge >= 0.3 is 0 Å². The maximum atomic E-state index is 12.9. The van der Waals surface area contributed by atoms with Crippen LogP contribution in [0.2, 0.25) is 0 Å². The van der Waals surface area contributed by atoms with Crippen molar-refractivity contribution in [1.82, 2.24) is 15.1 Å². The highest BCUT2D eigenvalue weighted by molar-refractivity contribution is 7.15. The van der Waals surface area contributed by atoms with E-state index in [0.717, 1.165) is 29.5 Å². The van der Waals surface area contributed by atoms with Crippen LogP contribution in [0.4, 0.5) is 5.13 Å².